The predicted octanol–water partition coefficient (Wildman–Crippen LogP) is 0.0219. The van der Waals surface area contributed by atoms with Crippen LogP contribution in [0.25, 0.3) is 0 Å². The second kappa shape index (κ2) is 4.07. The Morgan fingerprint density at radius 2 is 2.55 bits per heavy atom. The van der Waals surface area contributed by atoms with Crippen molar-refractivity contribution < 1.29 is 4.79 Å². The van der Waals surface area contributed by atoms with Gasteiger partial charge in [0.1, 0.15) is 0 Å². The standard InChI is InChI=1S/C5H8N4OS/c1-4(10)11-3-2-5-6-8-9-7-5/h2-3H2,1H3,(H,6,7,8,9). The zero-order chi connectivity index (χ0) is 8.10. The molecule has 1 aromatic heterocycles. The molecule has 0 amide bonds. The van der Waals surface area contributed by atoms with Crippen molar-refractivity contribution in [3.8, 4) is 0 Å². The van der Waals surface area contributed by atoms with E-state index in [2.05, 4.69) is 20.6 Å². The number of hydrogen-bond acceptors (Lipinski definition) is 5. The summed E-state index contributed by atoms with van der Waals surface area (Å²) in [5, 5.41) is 13.3. The summed E-state index contributed by atoms with van der Waals surface area (Å²) >= 11 is 1.27. The fourth-order valence-corrected chi connectivity index (χ4v) is 1.15. The molecular weight excluding hydrogens is 164 g/mol. The van der Waals surface area contributed by atoms with Crippen LogP contribution in [0.4, 0.5) is 0 Å². The summed E-state index contributed by atoms with van der Waals surface area (Å²) in [4.78, 5) is 10.5. The number of rotatable bonds is 3. The minimum absolute atomic E-state index is 0.119. The molecule has 60 valence electrons. The minimum atomic E-state index is 0.119. The molecule has 0 atom stereocenters. The van der Waals surface area contributed by atoms with Gasteiger partial charge in [-0.05, 0) is 0 Å². The molecular formula is C5H8N4OS. The lowest BCUT2D eigenvalue weighted by Gasteiger charge is -1.90. The van der Waals surface area contributed by atoms with Crippen molar-refractivity contribution in [3.63, 3.8) is 0 Å². The largest absolute Gasteiger partial charge is 0.288 e. The van der Waals surface area contributed by atoms with Crippen LogP contribution in [0.5, 0.6) is 0 Å². The molecule has 1 rings (SSSR count). The third kappa shape index (κ3) is 3.13. The van der Waals surface area contributed by atoms with Gasteiger partial charge in [-0.3, -0.25) is 4.79 Å². The number of aromatic amines is 1. The van der Waals surface area contributed by atoms with Gasteiger partial charge in [0.25, 0.3) is 0 Å². The van der Waals surface area contributed by atoms with Crippen molar-refractivity contribution in [3.05, 3.63) is 5.82 Å². The number of hydrogen-bond donors (Lipinski definition) is 1. The van der Waals surface area contributed by atoms with Crippen LogP contribution in [0.2, 0.25) is 0 Å². The Morgan fingerprint density at radius 1 is 1.73 bits per heavy atom. The van der Waals surface area contributed by atoms with Gasteiger partial charge >= 0.3 is 0 Å². The molecule has 1 N–H and O–H groups in total. The second-order valence-electron chi connectivity index (χ2n) is 1.92. The van der Waals surface area contributed by atoms with Gasteiger partial charge in [0.2, 0.25) is 0 Å². The number of H-pyrrole nitrogens is 1. The lowest BCUT2D eigenvalue weighted by molar-refractivity contribution is -0.109. The number of tetrazole rings is 1. The smallest absolute Gasteiger partial charge is 0.185 e. The number of carbonyl (C=O) groups is 1. The monoisotopic (exact) mass is 172 g/mol. The molecule has 0 aliphatic carbocycles. The van der Waals surface area contributed by atoms with E-state index in [1.807, 2.05) is 0 Å². The van der Waals surface area contributed by atoms with Crippen molar-refractivity contribution in [2.24, 2.45) is 0 Å². The molecule has 0 fully saturated rings. The highest BCUT2D eigenvalue weighted by molar-refractivity contribution is 8.13. The van der Waals surface area contributed by atoms with E-state index in [1.54, 1.807) is 6.92 Å². The third-order valence-electron chi connectivity index (χ3n) is 1.02. The fraction of sp³-hybridized carbons (Fsp3) is 0.600. The molecule has 5 nitrogen and oxygen atoms in total. The average Bonchev–Trinajstić information content (AvgIpc) is 2.39. The Hall–Kier alpha value is -0.910. The zero-order valence-electron chi connectivity index (χ0n) is 6.07. The molecule has 0 saturated heterocycles. The first kappa shape index (κ1) is 8.19. The van der Waals surface area contributed by atoms with E-state index in [0.717, 1.165) is 5.75 Å². The minimum Gasteiger partial charge on any atom is -0.288 e. The van der Waals surface area contributed by atoms with Crippen molar-refractivity contribution >= 4 is 16.9 Å². The summed E-state index contributed by atoms with van der Waals surface area (Å²) in [6.45, 7) is 1.54. The quantitative estimate of drug-likeness (QED) is 0.696. The van der Waals surface area contributed by atoms with Gasteiger partial charge in [-0.15, -0.1) is 10.2 Å². The van der Waals surface area contributed by atoms with Crippen molar-refractivity contribution in [2.45, 2.75) is 13.3 Å². The highest BCUT2D eigenvalue weighted by atomic mass is 32.2. The average molecular weight is 172 g/mol. The molecule has 0 aliphatic rings. The molecule has 1 aromatic rings. The van der Waals surface area contributed by atoms with Gasteiger partial charge < -0.3 is 0 Å². The zero-order valence-corrected chi connectivity index (χ0v) is 6.89. The van der Waals surface area contributed by atoms with Crippen molar-refractivity contribution in [1.29, 1.82) is 0 Å². The van der Waals surface area contributed by atoms with Crippen LogP contribution in [-0.2, 0) is 11.2 Å². The molecule has 0 spiro atoms. The van der Waals surface area contributed by atoms with Crippen LogP contribution in [-0.4, -0.2) is 31.5 Å². The Morgan fingerprint density at radius 3 is 3.09 bits per heavy atom. The SMILES string of the molecule is CC(=O)SCCc1nn[nH]n1. The predicted molar refractivity (Wildman–Crippen MR) is 41.0 cm³/mol. The molecule has 1 heterocycles. The van der Waals surface area contributed by atoms with Crippen LogP contribution < -0.4 is 0 Å². The molecule has 0 bridgehead atoms. The maximum Gasteiger partial charge on any atom is 0.185 e. The summed E-state index contributed by atoms with van der Waals surface area (Å²) in [6.07, 6.45) is 0.681. The molecule has 6 heteroatoms. The molecule has 0 aliphatic heterocycles. The van der Waals surface area contributed by atoms with Gasteiger partial charge in [0.05, 0.1) is 0 Å². The Bertz CT molecular complexity index is 222. The summed E-state index contributed by atoms with van der Waals surface area (Å²) < 4.78 is 0. The molecule has 0 unspecified atom stereocenters. The van der Waals surface area contributed by atoms with Gasteiger partial charge in [0.15, 0.2) is 10.9 Å². The van der Waals surface area contributed by atoms with E-state index >= 15 is 0 Å². The van der Waals surface area contributed by atoms with E-state index in [4.69, 9.17) is 0 Å². The van der Waals surface area contributed by atoms with Crippen molar-refractivity contribution in [1.82, 2.24) is 20.6 Å². The number of thioether (sulfide) groups is 1. The summed E-state index contributed by atoms with van der Waals surface area (Å²) in [7, 11) is 0. The van der Waals surface area contributed by atoms with Crippen LogP contribution in [0, 0.1) is 0 Å². The number of aromatic nitrogens is 4. The van der Waals surface area contributed by atoms with E-state index in [0.29, 0.717) is 12.2 Å². The van der Waals surface area contributed by atoms with Crippen molar-refractivity contribution in [2.75, 3.05) is 5.75 Å². The first-order valence-corrected chi connectivity index (χ1v) is 4.13. The van der Waals surface area contributed by atoms with Crippen LogP contribution in [0.1, 0.15) is 12.7 Å². The maximum absolute atomic E-state index is 10.5. The maximum atomic E-state index is 10.5. The van der Waals surface area contributed by atoms with Gasteiger partial charge in [-0.1, -0.05) is 17.0 Å². The number of carbonyl (C=O) groups excluding carboxylic acids is 1. The number of aryl methyl sites for hydroxylation is 1. The Labute approximate surface area is 67.9 Å². The normalized spacial score (nSPS) is 9.91. The number of nitrogens with zero attached hydrogens (tertiary/aromatic N) is 3. The Balaban J connectivity index is 2.19. The Kier molecular flexibility index (Phi) is 3.03. The highest BCUT2D eigenvalue weighted by Crippen LogP contribution is 2.02. The first-order chi connectivity index (χ1) is 5.29. The molecule has 0 saturated carbocycles. The summed E-state index contributed by atoms with van der Waals surface area (Å²) in [5.74, 6) is 1.37. The van der Waals surface area contributed by atoms with E-state index < -0.39 is 0 Å². The van der Waals surface area contributed by atoms with E-state index in [9.17, 15) is 4.79 Å². The van der Waals surface area contributed by atoms with Gasteiger partial charge in [-0.25, -0.2) is 0 Å². The molecule has 11 heavy (non-hydrogen) atoms. The molecule has 0 radical (unpaired) electrons. The highest BCUT2D eigenvalue weighted by Gasteiger charge is 1.99. The summed E-state index contributed by atoms with van der Waals surface area (Å²) in [6, 6.07) is 0. The van der Waals surface area contributed by atoms with E-state index in [-0.39, 0.29) is 5.12 Å². The lowest BCUT2D eigenvalue weighted by Crippen LogP contribution is -1.93. The van der Waals surface area contributed by atoms with Gasteiger partial charge in [0, 0.05) is 19.1 Å². The van der Waals surface area contributed by atoms with E-state index in [1.165, 1.54) is 11.8 Å². The third-order valence-corrected chi connectivity index (χ3v) is 1.83. The second-order valence-corrected chi connectivity index (χ2v) is 3.19. The summed E-state index contributed by atoms with van der Waals surface area (Å²) in [5.41, 5.74) is 0. The van der Waals surface area contributed by atoms with Gasteiger partial charge in [-0.2, -0.15) is 5.21 Å². The fourth-order valence-electron chi connectivity index (χ4n) is 0.574. The number of nitrogens with one attached hydrogen (secondary N) is 1. The topological polar surface area (TPSA) is 71.5 Å². The van der Waals surface area contributed by atoms with Crippen LogP contribution in [0.3, 0.4) is 0 Å². The molecule has 0 aromatic carbocycles. The van der Waals surface area contributed by atoms with Crippen LogP contribution >= 0.6 is 11.8 Å². The first-order valence-electron chi connectivity index (χ1n) is 3.14. The lowest BCUT2D eigenvalue weighted by atomic mass is 10.5. The van der Waals surface area contributed by atoms with Crippen LogP contribution in [0.15, 0.2) is 0 Å².